The van der Waals surface area contributed by atoms with E-state index in [0.29, 0.717) is 22.6 Å². The van der Waals surface area contributed by atoms with Gasteiger partial charge in [0.2, 0.25) is 7.59 Å². The molecule has 0 heterocycles. The summed E-state index contributed by atoms with van der Waals surface area (Å²) < 4.78 is 16.7. The van der Waals surface area contributed by atoms with Crippen molar-refractivity contribution in [3.05, 3.63) is 42.5 Å². The van der Waals surface area contributed by atoms with Crippen LogP contribution in [0, 0.1) is 0 Å². The number of nitrogens with one attached hydrogen (secondary N) is 1. The van der Waals surface area contributed by atoms with E-state index < -0.39 is 33.0 Å². The van der Waals surface area contributed by atoms with Gasteiger partial charge in [0, 0.05) is 5.56 Å². The van der Waals surface area contributed by atoms with Gasteiger partial charge >= 0.3 is 12.2 Å². The fourth-order valence-electron chi connectivity index (χ4n) is 2.54. The molecule has 0 aliphatic rings. The highest BCUT2D eigenvalue weighted by Crippen LogP contribution is 2.36. The number of ether oxygens (including phenoxy) is 4. The average molecular weight is 595 g/mol. The molecule has 8 nitrogen and oxygen atoms in total. The molecular weight excluding hydrogens is 577 g/mol. The number of anilines is 1. The first-order valence-electron chi connectivity index (χ1n) is 9.19. The number of hydrazine groups is 1. The van der Waals surface area contributed by atoms with Crippen molar-refractivity contribution in [2.24, 2.45) is 0 Å². The zero-order valence-electron chi connectivity index (χ0n) is 17.6. The van der Waals surface area contributed by atoms with Gasteiger partial charge in [-0.3, -0.25) is 0 Å². The normalized spacial score (nSPS) is 11.4. The second kappa shape index (κ2) is 12.3. The first-order valence-corrected chi connectivity index (χ1v) is 11.5. The van der Waals surface area contributed by atoms with E-state index in [2.05, 4.69) is 5.43 Å². The van der Waals surface area contributed by atoms with E-state index in [1.807, 2.05) is 0 Å². The van der Waals surface area contributed by atoms with Crippen LogP contribution in [0.3, 0.4) is 0 Å². The molecule has 0 saturated heterocycles. The van der Waals surface area contributed by atoms with Crippen molar-refractivity contribution in [2.45, 2.75) is 7.59 Å². The van der Waals surface area contributed by atoms with E-state index in [1.165, 1.54) is 20.3 Å². The van der Waals surface area contributed by atoms with Crippen LogP contribution in [0.5, 0.6) is 11.5 Å². The maximum absolute atomic E-state index is 12.9. The van der Waals surface area contributed by atoms with Crippen molar-refractivity contribution < 1.29 is 28.5 Å². The molecule has 14 heteroatoms. The van der Waals surface area contributed by atoms with Gasteiger partial charge in [0.05, 0.1) is 19.9 Å². The van der Waals surface area contributed by atoms with Gasteiger partial charge in [-0.15, -0.1) is 0 Å². The average Bonchev–Trinajstić information content (AvgIpc) is 2.78. The van der Waals surface area contributed by atoms with Gasteiger partial charge in [0.25, 0.3) is 0 Å². The van der Waals surface area contributed by atoms with Gasteiger partial charge in [0.15, 0.2) is 0 Å². The van der Waals surface area contributed by atoms with E-state index in [-0.39, 0.29) is 5.69 Å². The number of hydrogen-bond acceptors (Lipinski definition) is 6. The van der Waals surface area contributed by atoms with E-state index in [4.69, 9.17) is 88.6 Å². The van der Waals surface area contributed by atoms with Crippen LogP contribution in [0.1, 0.15) is 0 Å². The number of amides is 2. The second-order valence-electron chi connectivity index (χ2n) is 6.42. The van der Waals surface area contributed by atoms with Crippen LogP contribution in [-0.2, 0) is 9.47 Å². The summed E-state index contributed by atoms with van der Waals surface area (Å²) in [5, 5.41) is 0.755. The number of benzene rings is 2. The molecular formula is C20H18Cl6N2O6. The van der Waals surface area contributed by atoms with Crippen molar-refractivity contribution in [1.82, 2.24) is 5.43 Å². The summed E-state index contributed by atoms with van der Waals surface area (Å²) in [4.78, 5) is 25.3. The Morgan fingerprint density at radius 2 is 1.44 bits per heavy atom. The predicted molar refractivity (Wildman–Crippen MR) is 134 cm³/mol. The zero-order valence-corrected chi connectivity index (χ0v) is 22.2. The largest absolute Gasteiger partial charge is 0.497 e. The molecule has 0 atom stereocenters. The van der Waals surface area contributed by atoms with Gasteiger partial charge in [0.1, 0.15) is 24.7 Å². The topological polar surface area (TPSA) is 86.3 Å². The molecule has 0 radical (unpaired) electrons. The Morgan fingerprint density at radius 3 is 2.03 bits per heavy atom. The molecule has 34 heavy (non-hydrogen) atoms. The summed E-state index contributed by atoms with van der Waals surface area (Å²) in [7, 11) is 2.98. The minimum Gasteiger partial charge on any atom is -0.497 e. The summed E-state index contributed by atoms with van der Waals surface area (Å²) in [6.45, 7) is -1.20. The third kappa shape index (κ3) is 9.17. The van der Waals surface area contributed by atoms with Crippen molar-refractivity contribution in [1.29, 1.82) is 0 Å². The maximum Gasteiger partial charge on any atom is 0.433 e. The molecule has 0 saturated carbocycles. The molecule has 0 unspecified atom stereocenters. The van der Waals surface area contributed by atoms with Crippen molar-refractivity contribution in [3.63, 3.8) is 0 Å². The van der Waals surface area contributed by atoms with Crippen LogP contribution in [-0.4, -0.2) is 47.2 Å². The molecule has 2 rings (SSSR count). The molecule has 2 amide bonds. The van der Waals surface area contributed by atoms with E-state index in [1.54, 1.807) is 36.4 Å². The summed E-state index contributed by atoms with van der Waals surface area (Å²) in [6.07, 6.45) is -2.21. The maximum atomic E-state index is 12.9. The Morgan fingerprint density at radius 1 is 0.853 bits per heavy atom. The molecule has 0 spiro atoms. The third-order valence-corrected chi connectivity index (χ3v) is 4.59. The number of halogens is 6. The van der Waals surface area contributed by atoms with Crippen LogP contribution in [0.2, 0.25) is 0 Å². The molecule has 1 N–H and O–H groups in total. The Hall–Kier alpha value is -1.68. The van der Waals surface area contributed by atoms with Crippen molar-refractivity contribution in [2.75, 3.05) is 32.4 Å². The lowest BCUT2D eigenvalue weighted by atomic mass is 10.0. The molecule has 2 aromatic rings. The number of hydrogen-bond donors (Lipinski definition) is 1. The number of carbonyl (C=O) groups excluding carboxylic acids is 2. The SMILES string of the molecule is COc1cccc(-c2cc(OC)ccc2N(NC(=O)OCC(Cl)(Cl)Cl)C(=O)OCC(Cl)(Cl)Cl)c1. The highest BCUT2D eigenvalue weighted by atomic mass is 35.6. The Balaban J connectivity index is 2.51. The lowest BCUT2D eigenvalue weighted by Gasteiger charge is -2.26. The first-order chi connectivity index (χ1) is 15.8. The second-order valence-corrected chi connectivity index (χ2v) is 11.5. The quantitative estimate of drug-likeness (QED) is 0.296. The monoisotopic (exact) mass is 592 g/mol. The Bertz CT molecular complexity index is 1010. The highest BCUT2D eigenvalue weighted by molar-refractivity contribution is 6.68. The van der Waals surface area contributed by atoms with E-state index in [9.17, 15) is 9.59 Å². The van der Waals surface area contributed by atoms with Crippen LogP contribution >= 0.6 is 69.6 Å². The molecule has 0 aliphatic carbocycles. The first kappa shape index (κ1) is 28.6. The van der Waals surface area contributed by atoms with E-state index >= 15 is 0 Å². The molecule has 186 valence electrons. The van der Waals surface area contributed by atoms with Gasteiger partial charge in [-0.25, -0.2) is 15.0 Å². The van der Waals surface area contributed by atoms with E-state index in [0.717, 1.165) is 5.01 Å². The van der Waals surface area contributed by atoms with Gasteiger partial charge in [-0.05, 0) is 35.9 Å². The zero-order chi connectivity index (χ0) is 25.5. The fraction of sp³-hybridized carbons (Fsp3) is 0.300. The summed E-state index contributed by atoms with van der Waals surface area (Å²) >= 11 is 33.9. The van der Waals surface area contributed by atoms with Crippen LogP contribution in [0.4, 0.5) is 15.3 Å². The third-order valence-electron chi connectivity index (χ3n) is 3.94. The summed E-state index contributed by atoms with van der Waals surface area (Å²) in [5.74, 6) is 1.02. The number of rotatable bonds is 6. The van der Waals surface area contributed by atoms with Crippen LogP contribution in [0.15, 0.2) is 42.5 Å². The predicted octanol–water partition coefficient (Wildman–Crippen LogP) is 6.70. The number of methoxy groups -OCH3 is 2. The van der Waals surface area contributed by atoms with Crippen LogP contribution in [0.25, 0.3) is 11.1 Å². The fourth-order valence-corrected chi connectivity index (χ4v) is 2.87. The number of carbonyl (C=O) groups is 2. The minimum absolute atomic E-state index is 0.161. The molecule has 0 bridgehead atoms. The van der Waals surface area contributed by atoms with Crippen molar-refractivity contribution in [3.8, 4) is 22.6 Å². The molecule has 0 aromatic heterocycles. The standard InChI is InChI=1S/C20H18Cl6N2O6/c1-31-13-5-3-4-12(8-13)15-9-14(32-2)6-7-16(15)28(18(30)34-11-20(24,25)26)27-17(29)33-10-19(21,22)23/h3-9H,10-11H2,1-2H3,(H,27,29). The molecule has 0 aliphatic heterocycles. The van der Waals surface area contributed by atoms with Crippen molar-refractivity contribution >= 4 is 87.5 Å². The lowest BCUT2D eigenvalue weighted by molar-refractivity contribution is 0.135. The number of nitrogens with zero attached hydrogens (tertiary/aromatic N) is 1. The Labute approximate surface area is 225 Å². The summed E-state index contributed by atoms with van der Waals surface area (Å²) in [6, 6.07) is 11.6. The molecule has 0 fully saturated rings. The molecule has 2 aromatic carbocycles. The smallest absolute Gasteiger partial charge is 0.433 e. The van der Waals surface area contributed by atoms with Crippen LogP contribution < -0.4 is 19.9 Å². The Kier molecular flexibility index (Phi) is 10.4. The van der Waals surface area contributed by atoms with Gasteiger partial charge in [-0.1, -0.05) is 81.7 Å². The van der Waals surface area contributed by atoms with Gasteiger partial charge < -0.3 is 18.9 Å². The lowest BCUT2D eigenvalue weighted by Crippen LogP contribution is -2.48. The number of alkyl halides is 6. The van der Waals surface area contributed by atoms with Gasteiger partial charge in [-0.2, -0.15) is 5.01 Å². The highest BCUT2D eigenvalue weighted by Gasteiger charge is 2.29. The summed E-state index contributed by atoms with van der Waals surface area (Å²) in [5.41, 5.74) is 3.46. The minimum atomic E-state index is -1.90.